The number of nitrogens with one attached hydrogen (secondary N) is 1. The fraction of sp³-hybridized carbons (Fsp3) is 0.545. The summed E-state index contributed by atoms with van der Waals surface area (Å²) < 4.78 is 40.9. The summed E-state index contributed by atoms with van der Waals surface area (Å²) in [6, 6.07) is 6.10. The fourth-order valence-electron chi connectivity index (χ4n) is 4.88. The van der Waals surface area contributed by atoms with Gasteiger partial charge in [-0.1, -0.05) is 45.1 Å². The van der Waals surface area contributed by atoms with Gasteiger partial charge in [0.05, 0.1) is 6.04 Å². The van der Waals surface area contributed by atoms with Crippen LogP contribution in [0.2, 0.25) is 0 Å². The molecule has 2 nitrogen and oxygen atoms in total. The first-order chi connectivity index (χ1) is 12.6. The Hall–Kier alpha value is -1.91. The quantitative estimate of drug-likeness (QED) is 0.639. The van der Waals surface area contributed by atoms with Crippen molar-refractivity contribution < 1.29 is 17.9 Å². The van der Waals surface area contributed by atoms with E-state index in [1.54, 1.807) is 12.1 Å². The summed E-state index contributed by atoms with van der Waals surface area (Å²) >= 11 is 0. The second-order valence-electron chi connectivity index (χ2n) is 8.76. The van der Waals surface area contributed by atoms with Crippen molar-refractivity contribution in [2.24, 2.45) is 23.2 Å². The number of ether oxygens (including phenoxy) is 1. The van der Waals surface area contributed by atoms with E-state index in [0.29, 0.717) is 23.2 Å². The topological polar surface area (TPSA) is 21.3 Å². The summed E-state index contributed by atoms with van der Waals surface area (Å²) in [6.07, 6.45) is 7.56. The molecule has 0 heterocycles. The average Bonchev–Trinajstić information content (AvgIpc) is 2.54. The number of benzene rings is 1. The number of anilines is 1. The monoisotopic (exact) mass is 379 g/mol. The molecular formula is C22H28F3NO. The molecule has 4 atom stereocenters. The molecule has 0 spiro atoms. The van der Waals surface area contributed by atoms with Gasteiger partial charge < -0.3 is 10.1 Å². The second kappa shape index (κ2) is 7.61. The van der Waals surface area contributed by atoms with Crippen LogP contribution >= 0.6 is 0 Å². The van der Waals surface area contributed by atoms with Crippen molar-refractivity contribution in [1.29, 1.82) is 0 Å². The Morgan fingerprint density at radius 3 is 2.33 bits per heavy atom. The molecule has 3 rings (SSSR count). The Balaban J connectivity index is 1.69. The zero-order valence-electron chi connectivity index (χ0n) is 16.1. The van der Waals surface area contributed by atoms with Gasteiger partial charge in [0, 0.05) is 11.6 Å². The van der Waals surface area contributed by atoms with Crippen molar-refractivity contribution in [3.63, 3.8) is 0 Å². The normalized spacial score (nSPS) is 30.1. The predicted molar refractivity (Wildman–Crippen MR) is 103 cm³/mol. The summed E-state index contributed by atoms with van der Waals surface area (Å²) in [5, 5.41) is 3.49. The molecule has 0 saturated heterocycles. The standard InChI is InChI=1S/C22H28F3NO/c1-15-12-16(14-21(2,3)13-15)19-6-4-5-7-20(19)26-17-8-10-18(11-9-17)27-22(23,24)25/h4-11,15-16,19-20,26H,12-14H2,1-3H3/t15-,16-,19?,20?/m1/s1. The Labute approximate surface area is 159 Å². The van der Waals surface area contributed by atoms with Gasteiger partial charge in [-0.05, 0) is 60.8 Å². The molecule has 2 aliphatic rings. The van der Waals surface area contributed by atoms with E-state index in [-0.39, 0.29) is 11.8 Å². The van der Waals surface area contributed by atoms with E-state index in [1.165, 1.54) is 31.4 Å². The van der Waals surface area contributed by atoms with Gasteiger partial charge in [-0.15, -0.1) is 13.2 Å². The molecule has 1 aromatic carbocycles. The molecule has 0 aliphatic heterocycles. The maximum Gasteiger partial charge on any atom is 0.573 e. The van der Waals surface area contributed by atoms with Crippen molar-refractivity contribution in [2.45, 2.75) is 52.4 Å². The number of halogens is 3. The SMILES string of the molecule is C[C@@H]1C[C@@H](C2C=CC=CC2Nc2ccc(OC(F)(F)F)cc2)CC(C)(C)C1. The lowest BCUT2D eigenvalue weighted by Gasteiger charge is -2.44. The van der Waals surface area contributed by atoms with Crippen molar-refractivity contribution in [1.82, 2.24) is 0 Å². The van der Waals surface area contributed by atoms with Gasteiger partial charge in [-0.2, -0.15) is 0 Å². The minimum absolute atomic E-state index is 0.135. The van der Waals surface area contributed by atoms with Gasteiger partial charge >= 0.3 is 6.36 Å². The van der Waals surface area contributed by atoms with Crippen LogP contribution in [0.1, 0.15) is 40.0 Å². The Morgan fingerprint density at radius 2 is 1.70 bits per heavy atom. The fourth-order valence-corrected chi connectivity index (χ4v) is 4.88. The minimum Gasteiger partial charge on any atom is -0.406 e. The van der Waals surface area contributed by atoms with Crippen LogP contribution in [0, 0.1) is 23.2 Å². The van der Waals surface area contributed by atoms with E-state index in [0.717, 1.165) is 5.69 Å². The highest BCUT2D eigenvalue weighted by Crippen LogP contribution is 2.46. The average molecular weight is 379 g/mol. The van der Waals surface area contributed by atoms with Crippen molar-refractivity contribution in [2.75, 3.05) is 5.32 Å². The highest BCUT2D eigenvalue weighted by Gasteiger charge is 2.37. The van der Waals surface area contributed by atoms with Crippen LogP contribution in [0.15, 0.2) is 48.6 Å². The van der Waals surface area contributed by atoms with Gasteiger partial charge in [-0.3, -0.25) is 0 Å². The van der Waals surface area contributed by atoms with E-state index < -0.39 is 6.36 Å². The molecule has 1 aromatic rings. The number of hydrogen-bond acceptors (Lipinski definition) is 2. The first-order valence-electron chi connectivity index (χ1n) is 9.59. The number of rotatable bonds is 4. The van der Waals surface area contributed by atoms with Crippen LogP contribution in [0.25, 0.3) is 0 Å². The minimum atomic E-state index is -4.67. The smallest absolute Gasteiger partial charge is 0.406 e. The third-order valence-corrected chi connectivity index (χ3v) is 5.56. The summed E-state index contributed by atoms with van der Waals surface area (Å²) in [5.41, 5.74) is 1.14. The maximum absolute atomic E-state index is 12.3. The highest BCUT2D eigenvalue weighted by molar-refractivity contribution is 5.48. The van der Waals surface area contributed by atoms with Crippen LogP contribution in [0.3, 0.4) is 0 Å². The van der Waals surface area contributed by atoms with E-state index in [9.17, 15) is 13.2 Å². The third kappa shape index (κ3) is 5.53. The van der Waals surface area contributed by atoms with Crippen LogP contribution in [-0.2, 0) is 0 Å². The first-order valence-corrected chi connectivity index (χ1v) is 9.59. The molecule has 0 radical (unpaired) electrons. The van der Waals surface area contributed by atoms with E-state index in [1.807, 2.05) is 6.08 Å². The second-order valence-corrected chi connectivity index (χ2v) is 8.76. The largest absolute Gasteiger partial charge is 0.573 e. The number of hydrogen-bond donors (Lipinski definition) is 1. The van der Waals surface area contributed by atoms with Crippen LogP contribution < -0.4 is 10.1 Å². The lowest BCUT2D eigenvalue weighted by molar-refractivity contribution is -0.274. The van der Waals surface area contributed by atoms with E-state index in [4.69, 9.17) is 0 Å². The Morgan fingerprint density at radius 1 is 1.04 bits per heavy atom. The molecule has 1 N–H and O–H groups in total. The highest BCUT2D eigenvalue weighted by atomic mass is 19.4. The van der Waals surface area contributed by atoms with Gasteiger partial charge in [0.25, 0.3) is 0 Å². The van der Waals surface area contributed by atoms with Crippen molar-refractivity contribution in [3.05, 3.63) is 48.6 Å². The molecular weight excluding hydrogens is 351 g/mol. The molecule has 0 amide bonds. The molecule has 1 fully saturated rings. The van der Waals surface area contributed by atoms with Crippen molar-refractivity contribution in [3.8, 4) is 5.75 Å². The molecule has 148 valence electrons. The Bertz CT molecular complexity index is 691. The zero-order valence-corrected chi connectivity index (χ0v) is 16.1. The third-order valence-electron chi connectivity index (χ3n) is 5.56. The maximum atomic E-state index is 12.3. The van der Waals surface area contributed by atoms with Crippen LogP contribution in [-0.4, -0.2) is 12.4 Å². The molecule has 27 heavy (non-hydrogen) atoms. The molecule has 2 unspecified atom stereocenters. The summed E-state index contributed by atoms with van der Waals surface area (Å²) in [6.45, 7) is 7.03. The first kappa shape index (κ1) is 19.8. The van der Waals surface area contributed by atoms with Gasteiger partial charge in [0.1, 0.15) is 5.75 Å². The summed E-state index contributed by atoms with van der Waals surface area (Å²) in [5.74, 6) is 1.47. The Kier molecular flexibility index (Phi) is 5.59. The van der Waals surface area contributed by atoms with Crippen LogP contribution in [0.4, 0.5) is 18.9 Å². The molecule has 0 bridgehead atoms. The summed E-state index contributed by atoms with van der Waals surface area (Å²) in [7, 11) is 0. The molecule has 0 aromatic heterocycles. The molecule has 1 saturated carbocycles. The van der Waals surface area contributed by atoms with E-state index in [2.05, 4.69) is 49.1 Å². The van der Waals surface area contributed by atoms with Gasteiger partial charge in [0.15, 0.2) is 0 Å². The van der Waals surface area contributed by atoms with Gasteiger partial charge in [0.2, 0.25) is 0 Å². The molecule has 2 aliphatic carbocycles. The van der Waals surface area contributed by atoms with Crippen LogP contribution in [0.5, 0.6) is 5.75 Å². The number of allylic oxidation sites excluding steroid dienone is 2. The predicted octanol–water partition coefficient (Wildman–Crippen LogP) is 6.57. The number of alkyl halides is 3. The van der Waals surface area contributed by atoms with E-state index >= 15 is 0 Å². The lowest BCUT2D eigenvalue weighted by atomic mass is 9.63. The lowest BCUT2D eigenvalue weighted by Crippen LogP contribution is -2.38. The van der Waals surface area contributed by atoms with Crippen molar-refractivity contribution >= 4 is 5.69 Å². The zero-order chi connectivity index (χ0) is 19.7. The van der Waals surface area contributed by atoms with Gasteiger partial charge in [-0.25, -0.2) is 0 Å². The summed E-state index contributed by atoms with van der Waals surface area (Å²) in [4.78, 5) is 0. The molecule has 5 heteroatoms.